The van der Waals surface area contributed by atoms with Crippen LogP contribution in [0.1, 0.15) is 6.92 Å². The van der Waals surface area contributed by atoms with Crippen LogP contribution in [0.3, 0.4) is 0 Å². The molecule has 56 valence electrons. The number of halogens is 1. The number of sulfonamides is 1. The van der Waals surface area contributed by atoms with Crippen LogP contribution in [-0.4, -0.2) is 30.1 Å². The van der Waals surface area contributed by atoms with Gasteiger partial charge in [-0.2, -0.15) is 4.31 Å². The first kappa shape index (κ1) is 9.64. The van der Waals surface area contributed by atoms with E-state index in [1.54, 1.807) is 14.0 Å². The van der Waals surface area contributed by atoms with E-state index in [0.29, 0.717) is 4.55 Å². The molecule has 0 aliphatic heterocycles. The van der Waals surface area contributed by atoms with Gasteiger partial charge in [-0.05, 0) is 6.92 Å². The second kappa shape index (κ2) is 3.72. The first-order chi connectivity index (χ1) is 4.04. The molecule has 0 heterocycles. The lowest BCUT2D eigenvalue weighted by molar-refractivity contribution is 0.518. The molecule has 0 aromatic carbocycles. The molecule has 0 radical (unpaired) electrons. The molecule has 9 heavy (non-hydrogen) atoms. The predicted molar refractivity (Wildman–Crippen MR) is 46.1 cm³/mol. The van der Waals surface area contributed by atoms with E-state index in [1.807, 2.05) is 22.6 Å². The molecule has 0 aliphatic rings. The minimum absolute atomic E-state index is 0.187. The molecule has 0 N–H and O–H groups in total. The summed E-state index contributed by atoms with van der Waals surface area (Å²) in [4.78, 5) is 0. The van der Waals surface area contributed by atoms with Gasteiger partial charge in [-0.3, -0.25) is 0 Å². The zero-order valence-electron chi connectivity index (χ0n) is 5.46. The molecule has 0 aliphatic carbocycles. The topological polar surface area (TPSA) is 37.4 Å². The van der Waals surface area contributed by atoms with Crippen LogP contribution in [-0.2, 0) is 10.0 Å². The Morgan fingerprint density at radius 3 is 2.11 bits per heavy atom. The standard InChI is InChI=1S/C4H10INO2S/c1-3-9(7,8)6(2)4-5/h3-4H2,1-2H3. The molecule has 0 rings (SSSR count). The van der Waals surface area contributed by atoms with E-state index in [1.165, 1.54) is 4.31 Å². The van der Waals surface area contributed by atoms with Crippen molar-refractivity contribution in [3.63, 3.8) is 0 Å². The van der Waals surface area contributed by atoms with Crippen LogP contribution >= 0.6 is 22.6 Å². The second-order valence-corrected chi connectivity index (χ2v) is 4.66. The van der Waals surface area contributed by atoms with Crippen molar-refractivity contribution >= 4 is 32.6 Å². The number of nitrogens with zero attached hydrogens (tertiary/aromatic N) is 1. The lowest BCUT2D eigenvalue weighted by atomic mass is 11.0. The van der Waals surface area contributed by atoms with Crippen molar-refractivity contribution in [1.82, 2.24) is 4.31 Å². The summed E-state index contributed by atoms with van der Waals surface area (Å²) in [5.41, 5.74) is 0. The van der Waals surface area contributed by atoms with Gasteiger partial charge in [-0.1, -0.05) is 22.6 Å². The summed E-state index contributed by atoms with van der Waals surface area (Å²) in [6.07, 6.45) is 0. The van der Waals surface area contributed by atoms with Crippen molar-refractivity contribution in [2.45, 2.75) is 6.92 Å². The van der Waals surface area contributed by atoms with Gasteiger partial charge < -0.3 is 0 Å². The summed E-state index contributed by atoms with van der Waals surface area (Å²) in [5.74, 6) is 0.187. The second-order valence-electron chi connectivity index (χ2n) is 1.62. The van der Waals surface area contributed by atoms with Gasteiger partial charge in [0, 0.05) is 7.05 Å². The SMILES string of the molecule is CCS(=O)(=O)N(C)CI. The normalized spacial score (nSPS) is 12.4. The van der Waals surface area contributed by atoms with Crippen molar-refractivity contribution in [2.24, 2.45) is 0 Å². The molecule has 0 aromatic rings. The Balaban J connectivity index is 4.17. The molecule has 0 atom stereocenters. The fourth-order valence-corrected chi connectivity index (χ4v) is 2.16. The summed E-state index contributed by atoms with van der Waals surface area (Å²) < 4.78 is 23.6. The van der Waals surface area contributed by atoms with Crippen LogP contribution in [0.5, 0.6) is 0 Å². The van der Waals surface area contributed by atoms with E-state index < -0.39 is 10.0 Å². The summed E-state index contributed by atoms with van der Waals surface area (Å²) in [6.45, 7) is 1.64. The Kier molecular flexibility index (Phi) is 3.99. The highest BCUT2D eigenvalue weighted by molar-refractivity contribution is 14.1. The monoisotopic (exact) mass is 263 g/mol. The molecular formula is C4H10INO2S. The van der Waals surface area contributed by atoms with Crippen LogP contribution in [0.15, 0.2) is 0 Å². The van der Waals surface area contributed by atoms with Gasteiger partial charge in [0.25, 0.3) is 0 Å². The van der Waals surface area contributed by atoms with Crippen molar-refractivity contribution in [3.05, 3.63) is 0 Å². The van der Waals surface area contributed by atoms with Crippen LogP contribution in [0.2, 0.25) is 0 Å². The fraction of sp³-hybridized carbons (Fsp3) is 1.00. The van der Waals surface area contributed by atoms with Crippen LogP contribution in [0.4, 0.5) is 0 Å². The number of rotatable bonds is 3. The molecular weight excluding hydrogens is 253 g/mol. The van der Waals surface area contributed by atoms with Gasteiger partial charge in [0.2, 0.25) is 10.0 Å². The van der Waals surface area contributed by atoms with Gasteiger partial charge in [-0.25, -0.2) is 8.42 Å². The number of hydrogen-bond acceptors (Lipinski definition) is 2. The van der Waals surface area contributed by atoms with E-state index in [4.69, 9.17) is 0 Å². The Hall–Kier alpha value is 0.640. The maximum absolute atomic E-state index is 10.9. The molecule has 0 aromatic heterocycles. The predicted octanol–water partition coefficient (Wildman–Crippen LogP) is 0.660. The third kappa shape index (κ3) is 2.81. The van der Waals surface area contributed by atoms with E-state index >= 15 is 0 Å². The molecule has 0 saturated carbocycles. The average molecular weight is 263 g/mol. The first-order valence-electron chi connectivity index (χ1n) is 2.54. The van der Waals surface area contributed by atoms with E-state index in [0.717, 1.165) is 0 Å². The van der Waals surface area contributed by atoms with E-state index in [-0.39, 0.29) is 5.75 Å². The molecule has 0 saturated heterocycles. The molecule has 0 bridgehead atoms. The quantitative estimate of drug-likeness (QED) is 0.426. The Morgan fingerprint density at radius 1 is 1.56 bits per heavy atom. The Morgan fingerprint density at radius 2 is 2.00 bits per heavy atom. The van der Waals surface area contributed by atoms with Crippen molar-refractivity contribution < 1.29 is 8.42 Å². The third-order valence-corrected chi connectivity index (χ3v) is 4.30. The van der Waals surface area contributed by atoms with Crippen LogP contribution in [0, 0.1) is 0 Å². The average Bonchev–Trinajstić information content (AvgIpc) is 1.86. The maximum atomic E-state index is 10.9. The Labute approximate surface area is 69.6 Å². The fourth-order valence-electron chi connectivity index (χ4n) is 0.295. The van der Waals surface area contributed by atoms with Crippen LogP contribution in [0.25, 0.3) is 0 Å². The minimum atomic E-state index is -2.92. The van der Waals surface area contributed by atoms with Gasteiger partial charge >= 0.3 is 0 Å². The van der Waals surface area contributed by atoms with Gasteiger partial charge in [-0.15, -0.1) is 0 Å². The molecule has 0 fully saturated rings. The van der Waals surface area contributed by atoms with Gasteiger partial charge in [0.15, 0.2) is 0 Å². The van der Waals surface area contributed by atoms with Gasteiger partial charge in [0.1, 0.15) is 0 Å². The molecule has 5 heteroatoms. The number of hydrogen-bond donors (Lipinski definition) is 0. The summed E-state index contributed by atoms with van der Waals surface area (Å²) in [7, 11) is -1.35. The van der Waals surface area contributed by atoms with Crippen LogP contribution < -0.4 is 0 Å². The summed E-state index contributed by atoms with van der Waals surface area (Å²) in [6, 6.07) is 0. The van der Waals surface area contributed by atoms with Crippen molar-refractivity contribution in [2.75, 3.05) is 17.4 Å². The van der Waals surface area contributed by atoms with E-state index in [9.17, 15) is 8.42 Å². The zero-order valence-corrected chi connectivity index (χ0v) is 8.44. The summed E-state index contributed by atoms with van der Waals surface area (Å²) >= 11 is 2.01. The largest absolute Gasteiger partial charge is 0.214 e. The maximum Gasteiger partial charge on any atom is 0.214 e. The molecule has 0 unspecified atom stereocenters. The van der Waals surface area contributed by atoms with E-state index in [2.05, 4.69) is 0 Å². The zero-order chi connectivity index (χ0) is 7.49. The highest BCUT2D eigenvalue weighted by Crippen LogP contribution is 1.99. The molecule has 0 amide bonds. The first-order valence-corrected chi connectivity index (χ1v) is 5.68. The van der Waals surface area contributed by atoms with Crippen molar-refractivity contribution in [1.29, 1.82) is 0 Å². The highest BCUT2D eigenvalue weighted by Gasteiger charge is 2.11. The highest BCUT2D eigenvalue weighted by atomic mass is 127. The lowest BCUT2D eigenvalue weighted by Gasteiger charge is -2.10. The molecule has 0 spiro atoms. The number of alkyl halides is 1. The Bertz CT molecular complexity index is 165. The smallest absolute Gasteiger partial charge is 0.212 e. The summed E-state index contributed by atoms with van der Waals surface area (Å²) in [5, 5.41) is 0. The third-order valence-electron chi connectivity index (χ3n) is 1.01. The lowest BCUT2D eigenvalue weighted by Crippen LogP contribution is -2.26. The van der Waals surface area contributed by atoms with Gasteiger partial charge in [0.05, 0.1) is 10.3 Å². The minimum Gasteiger partial charge on any atom is -0.212 e. The van der Waals surface area contributed by atoms with Crippen molar-refractivity contribution in [3.8, 4) is 0 Å². The molecule has 3 nitrogen and oxygen atoms in total.